The molecular formula is C17H19N3O5S. The van der Waals surface area contributed by atoms with Gasteiger partial charge in [0.2, 0.25) is 15.9 Å². The molecule has 1 aromatic carbocycles. The number of nitro groups is 1. The van der Waals surface area contributed by atoms with Gasteiger partial charge >= 0.3 is 0 Å². The number of nitrogens with zero attached hydrogens (tertiary/aromatic N) is 2. The van der Waals surface area contributed by atoms with Crippen molar-refractivity contribution in [3.8, 4) is 5.88 Å². The molecule has 9 heteroatoms. The van der Waals surface area contributed by atoms with Crippen LogP contribution in [0.5, 0.6) is 5.88 Å². The first kappa shape index (κ1) is 18.3. The van der Waals surface area contributed by atoms with Gasteiger partial charge in [0.05, 0.1) is 9.82 Å². The van der Waals surface area contributed by atoms with Crippen LogP contribution in [0.15, 0.2) is 53.6 Å². The van der Waals surface area contributed by atoms with Crippen LogP contribution < -0.4 is 9.46 Å². The Labute approximate surface area is 151 Å². The fourth-order valence-corrected chi connectivity index (χ4v) is 4.28. The standard InChI is InChI=1S/C17H19N3O5S/c21-20(22)14-4-3-5-16(12-14)26(23,24)19-13-7-9-15(10-8-13)25-17-6-1-2-11-18-17/h1-6,11-13,15,19H,7-10H2. The maximum absolute atomic E-state index is 12.5. The van der Waals surface area contributed by atoms with E-state index in [2.05, 4.69) is 9.71 Å². The third-order valence-electron chi connectivity index (χ3n) is 4.26. The Balaban J connectivity index is 1.58. The Bertz CT molecular complexity index is 865. The number of hydrogen-bond acceptors (Lipinski definition) is 6. The van der Waals surface area contributed by atoms with Crippen LogP contribution in [-0.2, 0) is 10.0 Å². The van der Waals surface area contributed by atoms with E-state index in [0.29, 0.717) is 31.6 Å². The van der Waals surface area contributed by atoms with Gasteiger partial charge in [0.25, 0.3) is 5.69 Å². The molecule has 0 saturated heterocycles. The van der Waals surface area contributed by atoms with Gasteiger partial charge in [0, 0.05) is 30.4 Å². The smallest absolute Gasteiger partial charge is 0.270 e. The second-order valence-electron chi connectivity index (χ2n) is 6.14. The zero-order valence-electron chi connectivity index (χ0n) is 13.9. The van der Waals surface area contributed by atoms with Crippen molar-refractivity contribution in [2.24, 2.45) is 0 Å². The average molecular weight is 377 g/mol. The summed E-state index contributed by atoms with van der Waals surface area (Å²) in [5.41, 5.74) is -0.250. The third kappa shape index (κ3) is 4.55. The summed E-state index contributed by atoms with van der Waals surface area (Å²) in [6, 6.07) is 10.3. The van der Waals surface area contributed by atoms with Crippen molar-refractivity contribution in [1.82, 2.24) is 9.71 Å². The molecule has 0 amide bonds. The Morgan fingerprint density at radius 3 is 2.54 bits per heavy atom. The predicted molar refractivity (Wildman–Crippen MR) is 94.3 cm³/mol. The van der Waals surface area contributed by atoms with Crippen LogP contribution in [0, 0.1) is 10.1 Å². The lowest BCUT2D eigenvalue weighted by Gasteiger charge is -2.29. The van der Waals surface area contributed by atoms with E-state index in [1.807, 2.05) is 12.1 Å². The predicted octanol–water partition coefficient (Wildman–Crippen LogP) is 2.66. The molecule has 2 aromatic rings. The summed E-state index contributed by atoms with van der Waals surface area (Å²) >= 11 is 0. The number of nitro benzene ring substituents is 1. The Kier molecular flexibility index (Phi) is 5.48. The van der Waals surface area contributed by atoms with Gasteiger partial charge in [-0.1, -0.05) is 12.1 Å². The molecule has 1 aliphatic rings. The molecule has 0 spiro atoms. The molecule has 0 unspecified atom stereocenters. The number of sulfonamides is 1. The first-order valence-corrected chi connectivity index (χ1v) is 9.77. The SMILES string of the molecule is O=[N+]([O-])c1cccc(S(=O)(=O)NC2CCC(Oc3ccccn3)CC2)c1. The number of hydrogen-bond donors (Lipinski definition) is 1. The number of aromatic nitrogens is 1. The molecule has 0 aliphatic heterocycles. The number of ether oxygens (including phenoxy) is 1. The van der Waals surface area contributed by atoms with Gasteiger partial charge in [-0.3, -0.25) is 10.1 Å². The van der Waals surface area contributed by atoms with Crippen molar-refractivity contribution in [2.45, 2.75) is 42.7 Å². The number of non-ortho nitro benzene ring substituents is 1. The monoisotopic (exact) mass is 377 g/mol. The maximum atomic E-state index is 12.5. The van der Waals surface area contributed by atoms with Crippen molar-refractivity contribution < 1.29 is 18.1 Å². The molecule has 1 saturated carbocycles. The van der Waals surface area contributed by atoms with Crippen LogP contribution in [0.2, 0.25) is 0 Å². The zero-order chi connectivity index (χ0) is 18.6. The molecule has 0 radical (unpaired) electrons. The van der Waals surface area contributed by atoms with Gasteiger partial charge in [-0.25, -0.2) is 18.1 Å². The highest BCUT2D eigenvalue weighted by Crippen LogP contribution is 2.25. The summed E-state index contributed by atoms with van der Waals surface area (Å²) in [6.07, 6.45) is 4.34. The molecule has 1 heterocycles. The van der Waals surface area contributed by atoms with Crippen LogP contribution in [0.4, 0.5) is 5.69 Å². The lowest BCUT2D eigenvalue weighted by atomic mass is 9.94. The summed E-state index contributed by atoms with van der Waals surface area (Å²) < 4.78 is 33.4. The number of benzene rings is 1. The quantitative estimate of drug-likeness (QED) is 0.612. The van der Waals surface area contributed by atoms with Gasteiger partial charge in [-0.05, 0) is 37.8 Å². The Morgan fingerprint density at radius 1 is 1.12 bits per heavy atom. The minimum atomic E-state index is -3.80. The molecule has 138 valence electrons. The molecule has 1 fully saturated rings. The first-order chi connectivity index (χ1) is 12.4. The molecule has 3 rings (SSSR count). The van der Waals surface area contributed by atoms with E-state index < -0.39 is 14.9 Å². The van der Waals surface area contributed by atoms with Gasteiger partial charge in [-0.15, -0.1) is 0 Å². The van der Waals surface area contributed by atoms with Crippen molar-refractivity contribution >= 4 is 15.7 Å². The zero-order valence-corrected chi connectivity index (χ0v) is 14.8. The summed E-state index contributed by atoms with van der Waals surface area (Å²) in [5.74, 6) is 0.563. The molecule has 1 aromatic heterocycles. The van der Waals surface area contributed by atoms with E-state index in [1.54, 1.807) is 12.3 Å². The molecule has 26 heavy (non-hydrogen) atoms. The lowest BCUT2D eigenvalue weighted by molar-refractivity contribution is -0.385. The van der Waals surface area contributed by atoms with Gasteiger partial charge in [0.15, 0.2) is 0 Å². The topological polar surface area (TPSA) is 111 Å². The number of pyridine rings is 1. The molecule has 0 bridgehead atoms. The van der Waals surface area contributed by atoms with Gasteiger partial charge in [-0.2, -0.15) is 0 Å². The van der Waals surface area contributed by atoms with Gasteiger partial charge in [0.1, 0.15) is 6.10 Å². The molecule has 0 atom stereocenters. The number of nitrogens with one attached hydrogen (secondary N) is 1. The minimum absolute atomic E-state index is 0.00321. The lowest BCUT2D eigenvalue weighted by Crippen LogP contribution is -2.39. The summed E-state index contributed by atoms with van der Waals surface area (Å²) in [7, 11) is -3.80. The van der Waals surface area contributed by atoms with Crippen molar-refractivity contribution in [3.05, 3.63) is 58.8 Å². The maximum Gasteiger partial charge on any atom is 0.270 e. The molecular weight excluding hydrogens is 358 g/mol. The minimum Gasteiger partial charge on any atom is -0.474 e. The second kappa shape index (κ2) is 7.79. The highest BCUT2D eigenvalue weighted by molar-refractivity contribution is 7.89. The average Bonchev–Trinajstić information content (AvgIpc) is 2.64. The van der Waals surface area contributed by atoms with Crippen LogP contribution in [-0.4, -0.2) is 30.5 Å². The van der Waals surface area contributed by atoms with E-state index in [9.17, 15) is 18.5 Å². The van der Waals surface area contributed by atoms with E-state index in [1.165, 1.54) is 18.2 Å². The van der Waals surface area contributed by atoms with Crippen LogP contribution in [0.1, 0.15) is 25.7 Å². The molecule has 1 N–H and O–H groups in total. The van der Waals surface area contributed by atoms with Crippen molar-refractivity contribution in [3.63, 3.8) is 0 Å². The largest absolute Gasteiger partial charge is 0.474 e. The first-order valence-electron chi connectivity index (χ1n) is 8.28. The van der Waals surface area contributed by atoms with Crippen molar-refractivity contribution in [1.29, 1.82) is 0 Å². The highest BCUT2D eigenvalue weighted by atomic mass is 32.2. The summed E-state index contributed by atoms with van der Waals surface area (Å²) in [6.45, 7) is 0. The Hall–Kier alpha value is -2.52. The fraction of sp³-hybridized carbons (Fsp3) is 0.353. The van der Waals surface area contributed by atoms with Gasteiger partial charge < -0.3 is 4.74 Å². The van der Waals surface area contributed by atoms with Crippen molar-refractivity contribution in [2.75, 3.05) is 0 Å². The molecule has 8 nitrogen and oxygen atoms in total. The summed E-state index contributed by atoms with van der Waals surface area (Å²) in [4.78, 5) is 14.2. The second-order valence-corrected chi connectivity index (χ2v) is 7.85. The summed E-state index contributed by atoms with van der Waals surface area (Å²) in [5, 5.41) is 10.8. The van der Waals surface area contributed by atoms with E-state index in [4.69, 9.17) is 4.74 Å². The van der Waals surface area contributed by atoms with E-state index >= 15 is 0 Å². The van der Waals surface area contributed by atoms with Crippen LogP contribution in [0.3, 0.4) is 0 Å². The normalized spacial score (nSPS) is 20.5. The Morgan fingerprint density at radius 2 is 1.88 bits per heavy atom. The highest BCUT2D eigenvalue weighted by Gasteiger charge is 2.27. The van der Waals surface area contributed by atoms with E-state index in [-0.39, 0.29) is 22.7 Å². The van der Waals surface area contributed by atoms with Crippen LogP contribution in [0.25, 0.3) is 0 Å². The fourth-order valence-electron chi connectivity index (χ4n) is 2.94. The third-order valence-corrected chi connectivity index (χ3v) is 5.78. The molecule has 1 aliphatic carbocycles. The van der Waals surface area contributed by atoms with E-state index in [0.717, 1.165) is 6.07 Å². The number of rotatable bonds is 6. The van der Waals surface area contributed by atoms with Crippen LogP contribution >= 0.6 is 0 Å².